The van der Waals surface area contributed by atoms with Crippen LogP contribution in [-0.4, -0.2) is 34.9 Å². The number of nitrogens with one attached hydrogen (secondary N) is 1. The summed E-state index contributed by atoms with van der Waals surface area (Å²) in [5, 5.41) is 23.0. The molecule has 0 saturated carbocycles. The zero-order chi connectivity index (χ0) is 36.4. The van der Waals surface area contributed by atoms with Crippen LogP contribution in [0.15, 0.2) is 12.2 Å². The Bertz CT molecular complexity index is 680. The minimum atomic E-state index is -0.833. The molecule has 2 unspecified atom stereocenters. The van der Waals surface area contributed by atoms with Gasteiger partial charge in [-0.25, -0.2) is 0 Å². The molecule has 0 radical (unpaired) electrons. The van der Waals surface area contributed by atoms with Gasteiger partial charge in [0.05, 0.1) is 18.8 Å². The second-order valence-electron chi connectivity index (χ2n) is 15.8. The molecule has 0 aromatic heterocycles. The lowest BCUT2D eigenvalue weighted by molar-refractivity contribution is -0.123. The molecule has 4 nitrogen and oxygen atoms in total. The average Bonchev–Trinajstić information content (AvgIpc) is 3.12. The van der Waals surface area contributed by atoms with E-state index in [4.69, 9.17) is 0 Å². The van der Waals surface area contributed by atoms with E-state index in [-0.39, 0.29) is 12.5 Å². The standard InChI is InChI=1S/C46H91NO3/c1-3-5-7-9-11-13-15-17-19-21-23-25-27-29-31-33-35-37-39-41-45(49)44(43-48)47-46(50)42-40-38-36-34-32-30-28-26-24-22-20-18-16-14-12-10-8-6-4-2/h39,41,44-45,48-49H,3-38,40,42-43H2,1-2H3,(H,47,50)/b41-39+. The molecule has 3 N–H and O–H groups in total. The SMILES string of the molecule is CCCCCCCCCCCCCCCCCCC/C=C/C(O)C(CO)NC(=O)CCCCCCCCCCCCCCCCCCCCC. The minimum Gasteiger partial charge on any atom is -0.394 e. The fourth-order valence-electron chi connectivity index (χ4n) is 7.24. The van der Waals surface area contributed by atoms with Gasteiger partial charge in [0.1, 0.15) is 0 Å². The Morgan fingerprint density at radius 3 is 1.04 bits per heavy atom. The third kappa shape index (κ3) is 38.4. The number of carbonyl (C=O) groups is 1. The first-order valence-electron chi connectivity index (χ1n) is 22.9. The summed E-state index contributed by atoms with van der Waals surface area (Å²) in [4.78, 5) is 12.4. The second-order valence-corrected chi connectivity index (χ2v) is 15.8. The van der Waals surface area contributed by atoms with Crippen molar-refractivity contribution >= 4 is 5.91 Å². The van der Waals surface area contributed by atoms with Crippen LogP contribution in [0.25, 0.3) is 0 Å². The molecule has 0 heterocycles. The van der Waals surface area contributed by atoms with Crippen LogP contribution in [-0.2, 0) is 4.79 Å². The fraction of sp³-hybridized carbons (Fsp3) is 0.935. The van der Waals surface area contributed by atoms with Crippen molar-refractivity contribution in [2.75, 3.05) is 6.61 Å². The van der Waals surface area contributed by atoms with Crippen LogP contribution < -0.4 is 5.32 Å². The predicted molar refractivity (Wildman–Crippen MR) is 221 cm³/mol. The summed E-state index contributed by atoms with van der Waals surface area (Å²) in [6.07, 6.45) is 53.2. The number of allylic oxidation sites excluding steroid dienone is 1. The zero-order valence-electron chi connectivity index (χ0n) is 34.2. The van der Waals surface area contributed by atoms with Gasteiger partial charge in [0.25, 0.3) is 0 Å². The molecule has 0 fully saturated rings. The van der Waals surface area contributed by atoms with Gasteiger partial charge < -0.3 is 15.5 Å². The van der Waals surface area contributed by atoms with Crippen LogP contribution >= 0.6 is 0 Å². The predicted octanol–water partition coefficient (Wildman–Crippen LogP) is 14.2. The maximum atomic E-state index is 12.4. The van der Waals surface area contributed by atoms with Crippen molar-refractivity contribution in [3.8, 4) is 0 Å². The van der Waals surface area contributed by atoms with Crippen molar-refractivity contribution in [2.45, 2.75) is 270 Å². The summed E-state index contributed by atoms with van der Waals surface area (Å²) >= 11 is 0. The zero-order valence-corrected chi connectivity index (χ0v) is 34.2. The number of aliphatic hydroxyl groups is 2. The number of hydrogen-bond donors (Lipinski definition) is 3. The van der Waals surface area contributed by atoms with Gasteiger partial charge in [-0.1, -0.05) is 244 Å². The molecule has 50 heavy (non-hydrogen) atoms. The summed E-state index contributed by atoms with van der Waals surface area (Å²) < 4.78 is 0. The van der Waals surface area contributed by atoms with Gasteiger partial charge in [-0.15, -0.1) is 0 Å². The molecule has 4 heteroatoms. The molecular weight excluding hydrogens is 615 g/mol. The highest BCUT2D eigenvalue weighted by molar-refractivity contribution is 5.76. The second kappa shape index (κ2) is 42.5. The Labute approximate surface area is 314 Å². The number of rotatable bonds is 42. The number of aliphatic hydroxyl groups excluding tert-OH is 2. The van der Waals surface area contributed by atoms with Gasteiger partial charge in [-0.3, -0.25) is 4.79 Å². The van der Waals surface area contributed by atoms with E-state index in [1.807, 2.05) is 6.08 Å². The molecule has 2 atom stereocenters. The molecule has 0 bridgehead atoms. The van der Waals surface area contributed by atoms with E-state index in [2.05, 4.69) is 19.2 Å². The topological polar surface area (TPSA) is 69.6 Å². The van der Waals surface area contributed by atoms with E-state index in [0.717, 1.165) is 25.7 Å². The molecule has 0 aliphatic carbocycles. The van der Waals surface area contributed by atoms with Gasteiger partial charge in [-0.2, -0.15) is 0 Å². The highest BCUT2D eigenvalue weighted by Crippen LogP contribution is 2.16. The summed E-state index contributed by atoms with van der Waals surface area (Å²) in [7, 11) is 0. The average molecular weight is 706 g/mol. The van der Waals surface area contributed by atoms with Gasteiger partial charge in [0, 0.05) is 6.42 Å². The first kappa shape index (κ1) is 49.1. The Morgan fingerprint density at radius 2 is 0.740 bits per heavy atom. The fourth-order valence-corrected chi connectivity index (χ4v) is 7.24. The van der Waals surface area contributed by atoms with Crippen LogP contribution in [0.1, 0.15) is 258 Å². The third-order valence-electron chi connectivity index (χ3n) is 10.8. The summed E-state index contributed by atoms with van der Waals surface area (Å²) in [6.45, 7) is 4.33. The van der Waals surface area contributed by atoms with Gasteiger partial charge in [-0.05, 0) is 19.3 Å². The molecule has 0 rings (SSSR count). The molecule has 0 saturated heterocycles. The molecule has 0 aliphatic heterocycles. The van der Waals surface area contributed by atoms with E-state index in [0.29, 0.717) is 6.42 Å². The molecule has 1 amide bonds. The maximum absolute atomic E-state index is 12.4. The molecule has 0 aromatic carbocycles. The van der Waals surface area contributed by atoms with Crippen LogP contribution in [0, 0.1) is 0 Å². The molecule has 0 aliphatic rings. The molecule has 0 aromatic rings. The lowest BCUT2D eigenvalue weighted by Crippen LogP contribution is -2.45. The minimum absolute atomic E-state index is 0.0587. The molecular formula is C46H91NO3. The highest BCUT2D eigenvalue weighted by Gasteiger charge is 2.17. The Hall–Kier alpha value is -0.870. The number of hydrogen-bond acceptors (Lipinski definition) is 3. The Kier molecular flexibility index (Phi) is 41.8. The van der Waals surface area contributed by atoms with E-state index >= 15 is 0 Å². The third-order valence-corrected chi connectivity index (χ3v) is 10.8. The van der Waals surface area contributed by atoms with Crippen molar-refractivity contribution in [3.05, 3.63) is 12.2 Å². The van der Waals surface area contributed by atoms with E-state index in [9.17, 15) is 15.0 Å². The monoisotopic (exact) mass is 706 g/mol. The number of unbranched alkanes of at least 4 members (excludes halogenated alkanes) is 35. The van der Waals surface area contributed by atoms with Crippen molar-refractivity contribution in [1.29, 1.82) is 0 Å². The quantitative estimate of drug-likeness (QED) is 0.0437. The maximum Gasteiger partial charge on any atom is 0.220 e. The Balaban J connectivity index is 3.51. The Morgan fingerprint density at radius 1 is 0.460 bits per heavy atom. The van der Waals surface area contributed by atoms with Crippen molar-refractivity contribution in [3.63, 3.8) is 0 Å². The molecule has 298 valence electrons. The molecule has 0 spiro atoms. The van der Waals surface area contributed by atoms with Crippen molar-refractivity contribution in [1.82, 2.24) is 5.32 Å². The lowest BCUT2D eigenvalue weighted by Gasteiger charge is -2.20. The smallest absolute Gasteiger partial charge is 0.220 e. The summed E-state index contributed by atoms with van der Waals surface area (Å²) in [5.41, 5.74) is 0. The highest BCUT2D eigenvalue weighted by atomic mass is 16.3. The van der Waals surface area contributed by atoms with Crippen LogP contribution in [0.2, 0.25) is 0 Å². The van der Waals surface area contributed by atoms with Crippen LogP contribution in [0.3, 0.4) is 0 Å². The lowest BCUT2D eigenvalue weighted by atomic mass is 10.0. The summed E-state index contributed by atoms with van der Waals surface area (Å²) in [6, 6.07) is -0.616. The van der Waals surface area contributed by atoms with Gasteiger partial charge >= 0.3 is 0 Å². The normalized spacial score (nSPS) is 13.0. The van der Waals surface area contributed by atoms with E-state index in [1.165, 1.54) is 212 Å². The van der Waals surface area contributed by atoms with Crippen LogP contribution in [0.4, 0.5) is 0 Å². The van der Waals surface area contributed by atoms with E-state index in [1.54, 1.807) is 6.08 Å². The van der Waals surface area contributed by atoms with Crippen molar-refractivity contribution < 1.29 is 15.0 Å². The largest absolute Gasteiger partial charge is 0.394 e. The van der Waals surface area contributed by atoms with E-state index < -0.39 is 12.1 Å². The van der Waals surface area contributed by atoms with Gasteiger partial charge in [0.15, 0.2) is 0 Å². The van der Waals surface area contributed by atoms with Crippen LogP contribution in [0.5, 0.6) is 0 Å². The number of amides is 1. The first-order chi connectivity index (χ1) is 24.7. The van der Waals surface area contributed by atoms with Crippen molar-refractivity contribution in [2.24, 2.45) is 0 Å². The van der Waals surface area contributed by atoms with Gasteiger partial charge in [0.2, 0.25) is 5.91 Å². The summed E-state index contributed by atoms with van der Waals surface area (Å²) in [5.74, 6) is -0.0587. The first-order valence-corrected chi connectivity index (χ1v) is 22.9. The number of carbonyl (C=O) groups excluding carboxylic acids is 1.